The molecule has 0 saturated heterocycles. The molecule has 1 nitrogen and oxygen atoms in total. The summed E-state index contributed by atoms with van der Waals surface area (Å²) in [5, 5.41) is 10.7. The molecule has 0 unspecified atom stereocenters. The van der Waals surface area contributed by atoms with Gasteiger partial charge in [-0.15, -0.1) is 0 Å². The van der Waals surface area contributed by atoms with E-state index in [9.17, 15) is 13.9 Å². The Morgan fingerprint density at radius 1 is 1.24 bits per heavy atom. The summed E-state index contributed by atoms with van der Waals surface area (Å²) >= 11 is 0. The first-order valence-corrected chi connectivity index (χ1v) is 7.92. The van der Waals surface area contributed by atoms with Gasteiger partial charge in [-0.25, -0.2) is 8.78 Å². The number of rotatable bonds is 4. The molecule has 1 aromatic carbocycles. The maximum atomic E-state index is 13.7. The molecule has 2 rings (SSSR count). The molecule has 1 saturated carbocycles. The van der Waals surface area contributed by atoms with Gasteiger partial charge in [0.15, 0.2) is 0 Å². The second kappa shape index (κ2) is 6.04. The van der Waals surface area contributed by atoms with E-state index in [0.29, 0.717) is 29.7 Å². The van der Waals surface area contributed by atoms with Crippen LogP contribution in [-0.2, 0) is 6.42 Å². The van der Waals surface area contributed by atoms with Crippen LogP contribution in [-0.4, -0.2) is 10.7 Å². The minimum atomic E-state index is -0.848. The third-order valence-corrected chi connectivity index (χ3v) is 5.47. The van der Waals surface area contributed by atoms with E-state index < -0.39 is 17.2 Å². The van der Waals surface area contributed by atoms with Crippen molar-refractivity contribution in [3.63, 3.8) is 0 Å². The van der Waals surface area contributed by atoms with Crippen molar-refractivity contribution < 1.29 is 13.9 Å². The first-order chi connectivity index (χ1) is 9.76. The normalized spacial score (nSPS) is 26.9. The largest absolute Gasteiger partial charge is 0.390 e. The highest BCUT2D eigenvalue weighted by atomic mass is 19.1. The van der Waals surface area contributed by atoms with Crippen LogP contribution in [0.25, 0.3) is 0 Å². The van der Waals surface area contributed by atoms with E-state index in [1.54, 1.807) is 0 Å². The summed E-state index contributed by atoms with van der Waals surface area (Å²) in [4.78, 5) is 0. The molecule has 0 amide bonds. The molecule has 0 atom stereocenters. The molecular weight excluding hydrogens is 270 g/mol. The van der Waals surface area contributed by atoms with Gasteiger partial charge in [0.1, 0.15) is 11.6 Å². The van der Waals surface area contributed by atoms with E-state index in [1.165, 1.54) is 12.1 Å². The fraction of sp³-hybridized carbons (Fsp3) is 0.667. The summed E-state index contributed by atoms with van der Waals surface area (Å²) < 4.78 is 26.7. The summed E-state index contributed by atoms with van der Waals surface area (Å²) in [5.41, 5.74) is -0.145. The fourth-order valence-electron chi connectivity index (χ4n) is 3.42. The van der Waals surface area contributed by atoms with Gasteiger partial charge in [-0.1, -0.05) is 33.3 Å². The van der Waals surface area contributed by atoms with Crippen LogP contribution in [0.15, 0.2) is 18.2 Å². The Labute approximate surface area is 126 Å². The van der Waals surface area contributed by atoms with Crippen LogP contribution in [0.3, 0.4) is 0 Å². The van der Waals surface area contributed by atoms with Gasteiger partial charge in [0.2, 0.25) is 0 Å². The van der Waals surface area contributed by atoms with Gasteiger partial charge in [-0.2, -0.15) is 0 Å². The third kappa shape index (κ3) is 3.82. The van der Waals surface area contributed by atoms with Crippen molar-refractivity contribution in [1.29, 1.82) is 0 Å². The first kappa shape index (κ1) is 16.4. The van der Waals surface area contributed by atoms with Crippen LogP contribution in [0.1, 0.15) is 58.4 Å². The second-order valence-electron chi connectivity index (χ2n) is 7.25. The molecule has 118 valence electrons. The predicted molar refractivity (Wildman–Crippen MR) is 81.0 cm³/mol. The van der Waals surface area contributed by atoms with Crippen molar-refractivity contribution in [3.05, 3.63) is 35.4 Å². The topological polar surface area (TPSA) is 20.2 Å². The average molecular weight is 296 g/mol. The van der Waals surface area contributed by atoms with Crippen LogP contribution in [0.5, 0.6) is 0 Å². The van der Waals surface area contributed by atoms with Gasteiger partial charge in [-0.05, 0) is 48.6 Å². The van der Waals surface area contributed by atoms with Gasteiger partial charge in [0.25, 0.3) is 0 Å². The number of halogens is 2. The van der Waals surface area contributed by atoms with Crippen molar-refractivity contribution in [2.24, 2.45) is 11.3 Å². The highest BCUT2D eigenvalue weighted by Crippen LogP contribution is 2.44. The second-order valence-corrected chi connectivity index (χ2v) is 7.25. The molecule has 1 N–H and O–H groups in total. The average Bonchev–Trinajstić information content (AvgIpc) is 2.42. The van der Waals surface area contributed by atoms with Crippen LogP contribution in [0, 0.1) is 23.0 Å². The Bertz CT molecular complexity index is 488. The first-order valence-electron chi connectivity index (χ1n) is 7.92. The van der Waals surface area contributed by atoms with Gasteiger partial charge in [0, 0.05) is 12.5 Å². The number of aliphatic hydroxyl groups is 1. The Morgan fingerprint density at radius 2 is 1.86 bits per heavy atom. The number of hydrogen-bond donors (Lipinski definition) is 1. The number of benzene rings is 1. The molecule has 1 fully saturated rings. The van der Waals surface area contributed by atoms with E-state index in [-0.39, 0.29) is 6.42 Å². The van der Waals surface area contributed by atoms with Crippen LogP contribution in [0.4, 0.5) is 8.78 Å². The summed E-state index contributed by atoms with van der Waals surface area (Å²) in [7, 11) is 0. The molecule has 3 heteroatoms. The Morgan fingerprint density at radius 3 is 2.38 bits per heavy atom. The zero-order valence-electron chi connectivity index (χ0n) is 13.3. The lowest BCUT2D eigenvalue weighted by Crippen LogP contribution is -2.39. The van der Waals surface area contributed by atoms with E-state index in [1.807, 2.05) is 0 Å². The van der Waals surface area contributed by atoms with Crippen LogP contribution < -0.4 is 0 Å². The lowest BCUT2D eigenvalue weighted by atomic mass is 9.65. The summed E-state index contributed by atoms with van der Waals surface area (Å²) in [6.45, 7) is 6.76. The summed E-state index contributed by atoms with van der Waals surface area (Å²) in [5.74, 6) is -0.517. The Balaban J connectivity index is 2.02. The molecule has 0 heterocycles. The standard InChI is InChI=1S/C18H26F2O/c1-4-17(2,3)14-7-9-18(21,10-8-14)12-13-5-6-15(19)11-16(13)20/h5-6,11,14,21H,4,7-10,12H2,1-3H3. The molecule has 0 radical (unpaired) electrons. The van der Waals surface area contributed by atoms with E-state index >= 15 is 0 Å². The molecule has 1 aliphatic rings. The van der Waals surface area contributed by atoms with Gasteiger partial charge >= 0.3 is 0 Å². The van der Waals surface area contributed by atoms with Crippen molar-refractivity contribution >= 4 is 0 Å². The highest BCUT2D eigenvalue weighted by Gasteiger charge is 2.38. The zero-order chi connectivity index (χ0) is 15.7. The minimum absolute atomic E-state index is 0.276. The third-order valence-electron chi connectivity index (χ3n) is 5.47. The van der Waals surface area contributed by atoms with E-state index in [0.717, 1.165) is 25.3 Å². The SMILES string of the molecule is CCC(C)(C)C1CCC(O)(Cc2ccc(F)cc2F)CC1. The molecule has 1 aliphatic carbocycles. The Kier molecular flexibility index (Phi) is 4.72. The number of hydrogen-bond acceptors (Lipinski definition) is 1. The quantitative estimate of drug-likeness (QED) is 0.841. The molecule has 0 bridgehead atoms. The summed E-state index contributed by atoms with van der Waals surface area (Å²) in [6.07, 6.45) is 4.73. The summed E-state index contributed by atoms with van der Waals surface area (Å²) in [6, 6.07) is 3.60. The van der Waals surface area contributed by atoms with E-state index in [2.05, 4.69) is 20.8 Å². The molecule has 1 aromatic rings. The molecule has 0 spiro atoms. The molecular formula is C18H26F2O. The van der Waals surface area contributed by atoms with Crippen molar-refractivity contribution in [2.45, 2.75) is 64.9 Å². The van der Waals surface area contributed by atoms with Gasteiger partial charge in [-0.3, -0.25) is 0 Å². The molecule has 21 heavy (non-hydrogen) atoms. The minimum Gasteiger partial charge on any atom is -0.390 e. The molecule has 0 aromatic heterocycles. The van der Waals surface area contributed by atoms with E-state index in [4.69, 9.17) is 0 Å². The smallest absolute Gasteiger partial charge is 0.129 e. The van der Waals surface area contributed by atoms with Gasteiger partial charge < -0.3 is 5.11 Å². The van der Waals surface area contributed by atoms with Crippen molar-refractivity contribution in [3.8, 4) is 0 Å². The van der Waals surface area contributed by atoms with Crippen molar-refractivity contribution in [1.82, 2.24) is 0 Å². The molecule has 0 aliphatic heterocycles. The Hall–Kier alpha value is -0.960. The zero-order valence-corrected chi connectivity index (χ0v) is 13.3. The van der Waals surface area contributed by atoms with Crippen LogP contribution in [0.2, 0.25) is 0 Å². The highest BCUT2D eigenvalue weighted by molar-refractivity contribution is 5.20. The van der Waals surface area contributed by atoms with Crippen molar-refractivity contribution in [2.75, 3.05) is 0 Å². The van der Waals surface area contributed by atoms with Crippen LogP contribution >= 0.6 is 0 Å². The maximum absolute atomic E-state index is 13.7. The van der Waals surface area contributed by atoms with Gasteiger partial charge in [0.05, 0.1) is 5.60 Å². The lowest BCUT2D eigenvalue weighted by Gasteiger charge is -2.42. The monoisotopic (exact) mass is 296 g/mol. The predicted octanol–water partition coefficient (Wildman–Crippen LogP) is 4.86. The lowest BCUT2D eigenvalue weighted by molar-refractivity contribution is -0.0281. The fourth-order valence-corrected chi connectivity index (χ4v) is 3.42. The maximum Gasteiger partial charge on any atom is 0.129 e.